The van der Waals surface area contributed by atoms with Gasteiger partial charge >= 0.3 is 6.18 Å². The highest BCUT2D eigenvalue weighted by Gasteiger charge is 2.39. The minimum atomic E-state index is -4.63. The largest absolute Gasteiger partial charge is 0.433 e. The van der Waals surface area contributed by atoms with Gasteiger partial charge in [-0.2, -0.15) is 18.3 Å². The number of benzene rings is 1. The maximum atomic E-state index is 13.0. The minimum Gasteiger partial charge on any atom is -0.361 e. The zero-order valence-electron chi connectivity index (χ0n) is 12.8. The van der Waals surface area contributed by atoms with Gasteiger partial charge in [-0.15, -0.1) is 0 Å². The van der Waals surface area contributed by atoms with Crippen LogP contribution in [-0.4, -0.2) is 27.2 Å². The third-order valence-electron chi connectivity index (χ3n) is 3.81. The van der Waals surface area contributed by atoms with E-state index in [1.165, 1.54) is 0 Å². The zero-order valence-corrected chi connectivity index (χ0v) is 12.8. The summed E-state index contributed by atoms with van der Waals surface area (Å²) in [6.45, 7) is 0.229. The van der Waals surface area contributed by atoms with E-state index in [0.29, 0.717) is 11.1 Å². The Kier molecular flexibility index (Phi) is 4.04. The Labute approximate surface area is 135 Å². The third-order valence-corrected chi connectivity index (χ3v) is 3.81. The lowest BCUT2D eigenvalue weighted by Gasteiger charge is -2.10. The number of aromatic amines is 1. The Morgan fingerprint density at radius 1 is 1.33 bits per heavy atom. The fourth-order valence-electron chi connectivity index (χ4n) is 2.68. The molecule has 0 fully saturated rings. The minimum absolute atomic E-state index is 0.229. The number of rotatable bonds is 4. The molecule has 126 valence electrons. The van der Waals surface area contributed by atoms with Gasteiger partial charge < -0.3 is 10.3 Å². The van der Waals surface area contributed by atoms with Crippen LogP contribution in [0.25, 0.3) is 10.9 Å². The number of hydrogen-bond acceptors (Lipinski definition) is 2. The number of alkyl halides is 3. The summed E-state index contributed by atoms with van der Waals surface area (Å²) in [5, 5.41) is 7.09. The van der Waals surface area contributed by atoms with E-state index in [9.17, 15) is 18.0 Å². The van der Waals surface area contributed by atoms with Crippen molar-refractivity contribution in [3.63, 3.8) is 0 Å². The SMILES string of the molecule is Cn1ncc(C(=O)NCCc2c[nH]c3ccccc23)c1C(F)(F)F. The zero-order chi connectivity index (χ0) is 17.3. The van der Waals surface area contributed by atoms with Gasteiger partial charge in [-0.25, -0.2) is 0 Å². The lowest BCUT2D eigenvalue weighted by atomic mass is 10.1. The number of aromatic nitrogens is 3. The van der Waals surface area contributed by atoms with Crippen molar-refractivity contribution in [2.45, 2.75) is 12.6 Å². The summed E-state index contributed by atoms with van der Waals surface area (Å²) in [7, 11) is 1.16. The summed E-state index contributed by atoms with van der Waals surface area (Å²) in [4.78, 5) is 15.2. The van der Waals surface area contributed by atoms with E-state index in [-0.39, 0.29) is 6.54 Å². The van der Waals surface area contributed by atoms with Crippen LogP contribution in [0.1, 0.15) is 21.6 Å². The Bertz CT molecular complexity index is 879. The van der Waals surface area contributed by atoms with E-state index in [1.807, 2.05) is 30.5 Å². The molecular formula is C16H15F3N4O. The molecule has 0 aliphatic carbocycles. The number of carbonyl (C=O) groups is 1. The van der Waals surface area contributed by atoms with Crippen LogP contribution in [-0.2, 0) is 19.6 Å². The molecule has 5 nitrogen and oxygen atoms in total. The molecule has 0 aliphatic heterocycles. The summed E-state index contributed by atoms with van der Waals surface area (Å²) >= 11 is 0. The number of carbonyl (C=O) groups excluding carboxylic acids is 1. The maximum absolute atomic E-state index is 13.0. The molecule has 1 aromatic carbocycles. The fraction of sp³-hybridized carbons (Fsp3) is 0.250. The van der Waals surface area contributed by atoms with Crippen LogP contribution in [0, 0.1) is 0 Å². The molecule has 2 aromatic heterocycles. The van der Waals surface area contributed by atoms with Crippen molar-refractivity contribution in [2.75, 3.05) is 6.54 Å². The summed E-state index contributed by atoms with van der Waals surface area (Å²) in [6.07, 6.45) is -1.35. The Morgan fingerprint density at radius 3 is 2.83 bits per heavy atom. The first-order valence-electron chi connectivity index (χ1n) is 7.30. The number of amides is 1. The molecule has 0 atom stereocenters. The van der Waals surface area contributed by atoms with Gasteiger partial charge in [-0.3, -0.25) is 9.48 Å². The fourth-order valence-corrected chi connectivity index (χ4v) is 2.68. The molecule has 3 rings (SSSR count). The Morgan fingerprint density at radius 2 is 2.08 bits per heavy atom. The normalized spacial score (nSPS) is 11.8. The van der Waals surface area contributed by atoms with Gasteiger partial charge in [0.1, 0.15) is 0 Å². The van der Waals surface area contributed by atoms with Crippen LogP contribution in [0.5, 0.6) is 0 Å². The quantitative estimate of drug-likeness (QED) is 0.769. The lowest BCUT2D eigenvalue weighted by molar-refractivity contribution is -0.144. The summed E-state index contributed by atoms with van der Waals surface area (Å²) in [5.74, 6) is -0.782. The number of H-pyrrole nitrogens is 1. The Balaban J connectivity index is 1.69. The molecule has 0 bridgehead atoms. The highest BCUT2D eigenvalue weighted by atomic mass is 19.4. The highest BCUT2D eigenvalue weighted by Crippen LogP contribution is 2.31. The third kappa shape index (κ3) is 2.99. The van der Waals surface area contributed by atoms with Crippen molar-refractivity contribution in [1.29, 1.82) is 0 Å². The van der Waals surface area contributed by atoms with Gasteiger partial charge in [0.05, 0.1) is 11.8 Å². The number of nitrogens with zero attached hydrogens (tertiary/aromatic N) is 2. The van der Waals surface area contributed by atoms with E-state index < -0.39 is 23.3 Å². The van der Waals surface area contributed by atoms with Crippen molar-refractivity contribution >= 4 is 16.8 Å². The van der Waals surface area contributed by atoms with Gasteiger partial charge in [0.25, 0.3) is 5.91 Å². The molecule has 24 heavy (non-hydrogen) atoms. The first kappa shape index (κ1) is 16.1. The second-order valence-corrected chi connectivity index (χ2v) is 5.39. The monoisotopic (exact) mass is 336 g/mol. The van der Waals surface area contributed by atoms with E-state index in [2.05, 4.69) is 15.4 Å². The second-order valence-electron chi connectivity index (χ2n) is 5.39. The number of nitrogens with one attached hydrogen (secondary N) is 2. The van der Waals surface area contributed by atoms with Crippen molar-refractivity contribution in [3.05, 3.63) is 53.5 Å². The number of para-hydroxylation sites is 1. The van der Waals surface area contributed by atoms with Gasteiger partial charge in [0, 0.05) is 30.7 Å². The predicted octanol–water partition coefficient (Wildman–Crippen LogP) is 2.89. The highest BCUT2D eigenvalue weighted by molar-refractivity contribution is 5.95. The standard InChI is InChI=1S/C16H15F3N4O/c1-23-14(16(17,18)19)12(9-22-23)15(24)20-7-6-10-8-21-13-5-3-2-4-11(10)13/h2-5,8-9,21H,6-7H2,1H3,(H,20,24). The number of aryl methyl sites for hydroxylation is 1. The number of fused-ring (bicyclic) bond motifs is 1. The van der Waals surface area contributed by atoms with E-state index in [0.717, 1.165) is 29.7 Å². The van der Waals surface area contributed by atoms with E-state index >= 15 is 0 Å². The topological polar surface area (TPSA) is 62.7 Å². The number of halogens is 3. The molecule has 0 spiro atoms. The van der Waals surface area contributed by atoms with Crippen LogP contribution in [0.2, 0.25) is 0 Å². The smallest absolute Gasteiger partial charge is 0.361 e. The second kappa shape index (κ2) is 6.03. The first-order valence-corrected chi connectivity index (χ1v) is 7.30. The molecular weight excluding hydrogens is 321 g/mol. The molecule has 0 radical (unpaired) electrons. The summed E-state index contributed by atoms with van der Waals surface area (Å²) in [5.41, 5.74) is 0.453. The molecule has 0 unspecified atom stereocenters. The van der Waals surface area contributed by atoms with Crippen LogP contribution in [0.3, 0.4) is 0 Å². The summed E-state index contributed by atoms with van der Waals surface area (Å²) < 4.78 is 39.6. The molecule has 0 saturated heterocycles. The molecule has 2 heterocycles. The molecule has 2 N–H and O–H groups in total. The van der Waals surface area contributed by atoms with Crippen molar-refractivity contribution in [3.8, 4) is 0 Å². The van der Waals surface area contributed by atoms with Gasteiger partial charge in [-0.1, -0.05) is 18.2 Å². The van der Waals surface area contributed by atoms with E-state index in [1.54, 1.807) is 0 Å². The van der Waals surface area contributed by atoms with Crippen LogP contribution in [0.4, 0.5) is 13.2 Å². The van der Waals surface area contributed by atoms with Crippen LogP contribution >= 0.6 is 0 Å². The molecule has 0 saturated carbocycles. The average molecular weight is 336 g/mol. The lowest BCUT2D eigenvalue weighted by Crippen LogP contribution is -2.28. The number of hydrogen-bond donors (Lipinski definition) is 2. The maximum Gasteiger partial charge on any atom is 0.433 e. The van der Waals surface area contributed by atoms with Crippen molar-refractivity contribution in [2.24, 2.45) is 7.05 Å². The average Bonchev–Trinajstić information content (AvgIpc) is 3.11. The molecule has 1 amide bonds. The summed E-state index contributed by atoms with van der Waals surface area (Å²) in [6, 6.07) is 7.70. The van der Waals surface area contributed by atoms with Crippen molar-refractivity contribution < 1.29 is 18.0 Å². The Hall–Kier alpha value is -2.77. The van der Waals surface area contributed by atoms with Crippen LogP contribution < -0.4 is 5.32 Å². The van der Waals surface area contributed by atoms with Gasteiger partial charge in [0.2, 0.25) is 0 Å². The van der Waals surface area contributed by atoms with Crippen LogP contribution in [0.15, 0.2) is 36.7 Å². The molecule has 0 aliphatic rings. The molecule has 8 heteroatoms. The van der Waals surface area contributed by atoms with E-state index in [4.69, 9.17) is 0 Å². The predicted molar refractivity (Wildman–Crippen MR) is 82.5 cm³/mol. The van der Waals surface area contributed by atoms with Gasteiger partial charge in [0.15, 0.2) is 5.69 Å². The first-order chi connectivity index (χ1) is 11.4. The van der Waals surface area contributed by atoms with Crippen molar-refractivity contribution in [1.82, 2.24) is 20.1 Å². The molecule has 3 aromatic rings. The van der Waals surface area contributed by atoms with Gasteiger partial charge in [-0.05, 0) is 18.1 Å².